The van der Waals surface area contributed by atoms with Gasteiger partial charge in [-0.3, -0.25) is 9.79 Å². The molecule has 2 aromatic rings. The highest BCUT2D eigenvalue weighted by molar-refractivity contribution is 6.24. The molecule has 0 atom stereocenters. The summed E-state index contributed by atoms with van der Waals surface area (Å²) in [6.45, 7) is 6.69. The fourth-order valence-corrected chi connectivity index (χ4v) is 3.61. The second-order valence-electron chi connectivity index (χ2n) is 6.81. The van der Waals surface area contributed by atoms with Crippen LogP contribution in [-0.4, -0.2) is 28.1 Å². The van der Waals surface area contributed by atoms with Crippen molar-refractivity contribution in [1.82, 2.24) is 4.98 Å². The molecule has 1 fully saturated rings. The summed E-state index contributed by atoms with van der Waals surface area (Å²) in [5.41, 5.74) is 6.12. The predicted molar refractivity (Wildman–Crippen MR) is 103 cm³/mol. The minimum Gasteiger partial charge on any atom is -0.512 e. The summed E-state index contributed by atoms with van der Waals surface area (Å²) in [7, 11) is 0. The highest BCUT2D eigenvalue weighted by Gasteiger charge is 2.24. The van der Waals surface area contributed by atoms with Crippen molar-refractivity contribution in [1.29, 1.82) is 0 Å². The van der Waals surface area contributed by atoms with Crippen LogP contribution in [0.15, 0.2) is 34.5 Å². The van der Waals surface area contributed by atoms with Gasteiger partial charge in [-0.05, 0) is 50.8 Å². The Balaban J connectivity index is 1.84. The Kier molecular flexibility index (Phi) is 5.07. The van der Waals surface area contributed by atoms with Gasteiger partial charge < -0.3 is 10.1 Å². The summed E-state index contributed by atoms with van der Waals surface area (Å²) in [6.07, 6.45) is 3.41. The van der Waals surface area contributed by atoms with Crippen LogP contribution in [-0.2, 0) is 11.2 Å². The Morgan fingerprint density at radius 3 is 2.84 bits per heavy atom. The molecule has 4 nitrogen and oxygen atoms in total. The molecule has 132 valence electrons. The van der Waals surface area contributed by atoms with Gasteiger partial charge in [0.2, 0.25) is 0 Å². The Hall–Kier alpha value is -2.36. The van der Waals surface area contributed by atoms with E-state index < -0.39 is 0 Å². The smallest absolute Gasteiger partial charge is 0.168 e. The number of fused-ring (bicyclic) bond motifs is 1. The molecule has 1 aromatic carbocycles. The minimum atomic E-state index is 0.0308. The molecule has 0 radical (unpaired) electrons. The number of allylic oxidation sites excluding steroid dienone is 2. The van der Waals surface area contributed by atoms with Crippen molar-refractivity contribution in [2.45, 2.75) is 52.9 Å². The molecule has 0 saturated heterocycles. The summed E-state index contributed by atoms with van der Waals surface area (Å²) in [4.78, 5) is 20.3. The zero-order valence-corrected chi connectivity index (χ0v) is 15.3. The molecule has 0 aliphatic heterocycles. The Morgan fingerprint density at radius 2 is 2.08 bits per heavy atom. The lowest BCUT2D eigenvalue weighted by atomic mass is 9.90. The number of aliphatic hydroxyl groups is 1. The number of Topliss-reactive ketones (excluding diaryl/α,β-unsaturated/α-hetero) is 1. The van der Waals surface area contributed by atoms with Crippen LogP contribution in [0.2, 0.25) is 0 Å². The van der Waals surface area contributed by atoms with E-state index in [1.165, 1.54) is 22.2 Å². The number of carbonyl (C=O) groups is 1. The molecule has 4 heteroatoms. The van der Waals surface area contributed by atoms with Crippen molar-refractivity contribution >= 4 is 22.4 Å². The van der Waals surface area contributed by atoms with E-state index in [-0.39, 0.29) is 11.5 Å². The third kappa shape index (κ3) is 3.53. The first-order valence-corrected chi connectivity index (χ1v) is 9.08. The van der Waals surface area contributed by atoms with Gasteiger partial charge in [-0.25, -0.2) is 0 Å². The number of rotatable bonds is 4. The van der Waals surface area contributed by atoms with Gasteiger partial charge in [-0.1, -0.05) is 18.6 Å². The van der Waals surface area contributed by atoms with Gasteiger partial charge in [0, 0.05) is 41.7 Å². The molecule has 0 bridgehead atoms. The van der Waals surface area contributed by atoms with Crippen molar-refractivity contribution in [3.63, 3.8) is 0 Å². The molecule has 0 spiro atoms. The van der Waals surface area contributed by atoms with Gasteiger partial charge in [0.05, 0.1) is 5.57 Å². The van der Waals surface area contributed by atoms with Crippen molar-refractivity contribution in [3.8, 4) is 0 Å². The lowest BCUT2D eigenvalue weighted by Crippen LogP contribution is -2.21. The quantitative estimate of drug-likeness (QED) is 0.624. The largest absolute Gasteiger partial charge is 0.512 e. The molecule has 25 heavy (non-hydrogen) atoms. The molecular weight excluding hydrogens is 312 g/mol. The maximum absolute atomic E-state index is 12.2. The van der Waals surface area contributed by atoms with Crippen LogP contribution in [0.1, 0.15) is 49.4 Å². The molecule has 1 aliphatic carbocycles. The number of hydrogen-bond donors (Lipinski definition) is 2. The molecule has 2 N–H and O–H groups in total. The van der Waals surface area contributed by atoms with E-state index in [9.17, 15) is 9.90 Å². The predicted octanol–water partition coefficient (Wildman–Crippen LogP) is 4.74. The van der Waals surface area contributed by atoms with Crippen LogP contribution >= 0.6 is 0 Å². The fraction of sp³-hybridized carbons (Fsp3) is 0.429. The van der Waals surface area contributed by atoms with E-state index >= 15 is 0 Å². The number of H-pyrrole nitrogens is 1. The second-order valence-corrected chi connectivity index (χ2v) is 6.81. The zero-order valence-electron chi connectivity index (χ0n) is 15.3. The SMILES string of the molecule is CCC(O)=C1C(=O)CCCC1=NCCc1c(C)[nH]c2ccc(C)cc12. The maximum atomic E-state index is 12.2. The molecule has 0 unspecified atom stereocenters. The van der Waals surface area contributed by atoms with Gasteiger partial charge in [-0.15, -0.1) is 0 Å². The summed E-state index contributed by atoms with van der Waals surface area (Å²) in [5, 5.41) is 11.4. The highest BCUT2D eigenvalue weighted by atomic mass is 16.3. The molecular formula is C21H26N2O2. The van der Waals surface area contributed by atoms with Gasteiger partial charge in [-0.2, -0.15) is 0 Å². The topological polar surface area (TPSA) is 65.4 Å². The van der Waals surface area contributed by atoms with E-state index in [0.29, 0.717) is 25.0 Å². The standard InChI is InChI=1S/C21H26N2O2/c1-4-19(24)21-18(6-5-7-20(21)25)22-11-10-15-14(3)23-17-9-8-13(2)12-16(15)17/h8-9,12,23-24H,4-7,10-11H2,1-3H3. The van der Waals surface area contributed by atoms with Crippen molar-refractivity contribution < 1.29 is 9.90 Å². The first kappa shape index (κ1) is 17.5. The fourth-order valence-electron chi connectivity index (χ4n) is 3.61. The number of carbonyl (C=O) groups excluding carboxylic acids is 1. The van der Waals surface area contributed by atoms with Crippen LogP contribution in [0.5, 0.6) is 0 Å². The summed E-state index contributed by atoms with van der Waals surface area (Å²) in [6, 6.07) is 6.44. The van der Waals surface area contributed by atoms with Gasteiger partial charge in [0.1, 0.15) is 5.76 Å². The van der Waals surface area contributed by atoms with Crippen LogP contribution < -0.4 is 0 Å². The number of benzene rings is 1. The van der Waals surface area contributed by atoms with E-state index in [2.05, 4.69) is 37.0 Å². The summed E-state index contributed by atoms with van der Waals surface area (Å²) >= 11 is 0. The average Bonchev–Trinajstić information content (AvgIpc) is 2.89. The number of aryl methyl sites for hydroxylation is 2. The third-order valence-corrected chi connectivity index (χ3v) is 4.95. The van der Waals surface area contributed by atoms with Crippen LogP contribution in [0.25, 0.3) is 10.9 Å². The number of aliphatic imine (C=N–C) groups is 1. The van der Waals surface area contributed by atoms with Crippen molar-refractivity contribution in [3.05, 3.63) is 46.4 Å². The third-order valence-electron chi connectivity index (χ3n) is 4.95. The lowest BCUT2D eigenvalue weighted by molar-refractivity contribution is -0.115. The second kappa shape index (κ2) is 7.26. The van der Waals surface area contributed by atoms with Gasteiger partial charge in [0.25, 0.3) is 0 Å². The minimum absolute atomic E-state index is 0.0308. The van der Waals surface area contributed by atoms with Crippen molar-refractivity contribution in [2.24, 2.45) is 4.99 Å². The molecule has 1 aromatic heterocycles. The van der Waals surface area contributed by atoms with Crippen LogP contribution in [0.4, 0.5) is 0 Å². The Morgan fingerprint density at radius 1 is 1.28 bits per heavy atom. The molecule has 0 amide bonds. The van der Waals surface area contributed by atoms with Gasteiger partial charge in [0.15, 0.2) is 5.78 Å². The zero-order chi connectivity index (χ0) is 18.0. The first-order chi connectivity index (χ1) is 12.0. The van der Waals surface area contributed by atoms with E-state index in [4.69, 9.17) is 4.99 Å². The first-order valence-electron chi connectivity index (χ1n) is 9.08. The summed E-state index contributed by atoms with van der Waals surface area (Å²) in [5.74, 6) is 0.214. The van der Waals surface area contributed by atoms with Crippen molar-refractivity contribution in [2.75, 3.05) is 6.54 Å². The van der Waals surface area contributed by atoms with Crippen LogP contribution in [0, 0.1) is 13.8 Å². The Labute approximate surface area is 148 Å². The van der Waals surface area contributed by atoms with Gasteiger partial charge >= 0.3 is 0 Å². The monoisotopic (exact) mass is 338 g/mol. The average molecular weight is 338 g/mol. The number of nitrogens with zero attached hydrogens (tertiary/aromatic N) is 1. The van der Waals surface area contributed by atoms with E-state index in [1.807, 2.05) is 6.92 Å². The Bertz CT molecular complexity index is 871. The molecule has 3 rings (SSSR count). The van der Waals surface area contributed by atoms with Crippen LogP contribution in [0.3, 0.4) is 0 Å². The number of nitrogens with one attached hydrogen (secondary N) is 1. The molecule has 1 saturated carbocycles. The number of ketones is 1. The molecule has 1 aliphatic rings. The number of aromatic amines is 1. The molecule has 1 heterocycles. The number of aromatic nitrogens is 1. The van der Waals surface area contributed by atoms with E-state index in [1.54, 1.807) is 0 Å². The van der Waals surface area contributed by atoms with E-state index in [0.717, 1.165) is 30.5 Å². The maximum Gasteiger partial charge on any atom is 0.168 e. The normalized spacial score (nSPS) is 19.0. The highest BCUT2D eigenvalue weighted by Crippen LogP contribution is 2.25. The lowest BCUT2D eigenvalue weighted by Gasteiger charge is -2.17. The number of aliphatic hydroxyl groups excluding tert-OH is 1. The summed E-state index contributed by atoms with van der Waals surface area (Å²) < 4.78 is 0. The number of hydrogen-bond acceptors (Lipinski definition) is 3.